The van der Waals surface area contributed by atoms with Gasteiger partial charge in [-0.05, 0) is 43.0 Å². The minimum atomic E-state index is -1.41. The predicted octanol–water partition coefficient (Wildman–Crippen LogP) is 3.63. The topological polar surface area (TPSA) is 12.0 Å². The molecular formula is C13H18F3N. The van der Waals surface area contributed by atoms with Crippen molar-refractivity contribution < 1.29 is 13.2 Å². The van der Waals surface area contributed by atoms with Crippen molar-refractivity contribution in [1.29, 1.82) is 0 Å². The Morgan fingerprint density at radius 3 is 2.24 bits per heavy atom. The van der Waals surface area contributed by atoms with Crippen LogP contribution in [0, 0.1) is 23.4 Å². The van der Waals surface area contributed by atoms with Gasteiger partial charge >= 0.3 is 0 Å². The molecule has 0 amide bonds. The van der Waals surface area contributed by atoms with Gasteiger partial charge in [0.05, 0.1) is 0 Å². The Morgan fingerprint density at radius 2 is 1.71 bits per heavy atom. The van der Waals surface area contributed by atoms with Gasteiger partial charge in [-0.3, -0.25) is 0 Å². The lowest BCUT2D eigenvalue weighted by Gasteiger charge is -2.07. The van der Waals surface area contributed by atoms with Gasteiger partial charge in [-0.15, -0.1) is 0 Å². The first-order valence-corrected chi connectivity index (χ1v) is 5.85. The lowest BCUT2D eigenvalue weighted by atomic mass is 10.1. The van der Waals surface area contributed by atoms with Crippen LogP contribution in [0.3, 0.4) is 0 Å². The Morgan fingerprint density at radius 1 is 1.12 bits per heavy atom. The maximum Gasteiger partial charge on any atom is 0.194 e. The Kier molecular flexibility index (Phi) is 5.48. The highest BCUT2D eigenvalue weighted by Gasteiger charge is 2.09. The predicted molar refractivity (Wildman–Crippen MR) is 62.1 cm³/mol. The van der Waals surface area contributed by atoms with Gasteiger partial charge in [0, 0.05) is 6.54 Å². The SMILES string of the molecule is CC(C)CCCNCc1cc(F)c(F)c(F)c1. The summed E-state index contributed by atoms with van der Waals surface area (Å²) in [5, 5.41) is 3.08. The van der Waals surface area contributed by atoms with Crippen LogP contribution in [0.25, 0.3) is 0 Å². The number of nitrogens with one attached hydrogen (secondary N) is 1. The van der Waals surface area contributed by atoms with E-state index in [1.807, 2.05) is 0 Å². The van der Waals surface area contributed by atoms with Crippen LogP contribution in [0.2, 0.25) is 0 Å². The minimum Gasteiger partial charge on any atom is -0.313 e. The number of halogens is 3. The Hall–Kier alpha value is -1.03. The van der Waals surface area contributed by atoms with Crippen molar-refractivity contribution >= 4 is 0 Å². The summed E-state index contributed by atoms with van der Waals surface area (Å²) in [6.45, 7) is 5.43. The molecule has 0 unspecified atom stereocenters. The Bertz CT molecular complexity index is 341. The van der Waals surface area contributed by atoms with E-state index in [0.717, 1.165) is 31.5 Å². The van der Waals surface area contributed by atoms with E-state index in [-0.39, 0.29) is 0 Å². The van der Waals surface area contributed by atoms with Crippen LogP contribution >= 0.6 is 0 Å². The summed E-state index contributed by atoms with van der Waals surface area (Å²) >= 11 is 0. The maximum atomic E-state index is 12.9. The van der Waals surface area contributed by atoms with Crippen molar-refractivity contribution in [3.8, 4) is 0 Å². The highest BCUT2D eigenvalue weighted by molar-refractivity contribution is 5.19. The van der Waals surface area contributed by atoms with Crippen LogP contribution in [0.15, 0.2) is 12.1 Å². The van der Waals surface area contributed by atoms with Gasteiger partial charge in [0.15, 0.2) is 17.5 Å². The average molecular weight is 245 g/mol. The molecule has 17 heavy (non-hydrogen) atoms. The average Bonchev–Trinajstić information content (AvgIpc) is 2.25. The van der Waals surface area contributed by atoms with Crippen LogP contribution in [-0.4, -0.2) is 6.54 Å². The molecule has 1 aromatic rings. The van der Waals surface area contributed by atoms with Gasteiger partial charge in [-0.2, -0.15) is 0 Å². The number of hydrogen-bond donors (Lipinski definition) is 1. The van der Waals surface area contributed by atoms with E-state index < -0.39 is 17.5 Å². The summed E-state index contributed by atoms with van der Waals surface area (Å²) in [5.74, 6) is -3.03. The van der Waals surface area contributed by atoms with E-state index in [0.29, 0.717) is 18.0 Å². The highest BCUT2D eigenvalue weighted by Crippen LogP contribution is 2.13. The van der Waals surface area contributed by atoms with Crippen molar-refractivity contribution in [3.63, 3.8) is 0 Å². The number of hydrogen-bond acceptors (Lipinski definition) is 1. The summed E-state index contributed by atoms with van der Waals surface area (Å²) in [7, 11) is 0. The number of benzene rings is 1. The van der Waals surface area contributed by atoms with Crippen molar-refractivity contribution in [1.82, 2.24) is 5.32 Å². The van der Waals surface area contributed by atoms with Crippen molar-refractivity contribution in [3.05, 3.63) is 35.1 Å². The zero-order valence-corrected chi connectivity index (χ0v) is 10.2. The molecule has 1 N–H and O–H groups in total. The zero-order chi connectivity index (χ0) is 12.8. The van der Waals surface area contributed by atoms with Crippen LogP contribution in [0.1, 0.15) is 32.3 Å². The lowest BCUT2D eigenvalue weighted by Crippen LogP contribution is -2.15. The second-order valence-corrected chi connectivity index (χ2v) is 4.59. The van der Waals surface area contributed by atoms with E-state index >= 15 is 0 Å². The minimum absolute atomic E-state index is 0.353. The molecule has 0 aliphatic carbocycles. The second-order valence-electron chi connectivity index (χ2n) is 4.59. The molecule has 0 aromatic heterocycles. The molecule has 0 spiro atoms. The third-order valence-electron chi connectivity index (χ3n) is 2.51. The smallest absolute Gasteiger partial charge is 0.194 e. The first-order valence-electron chi connectivity index (χ1n) is 5.85. The highest BCUT2D eigenvalue weighted by atomic mass is 19.2. The molecule has 1 rings (SSSR count). The summed E-state index contributed by atoms with van der Waals surface area (Å²) < 4.78 is 38.4. The van der Waals surface area contributed by atoms with E-state index in [9.17, 15) is 13.2 Å². The molecule has 1 nitrogen and oxygen atoms in total. The standard InChI is InChI=1S/C13H18F3N/c1-9(2)4-3-5-17-8-10-6-11(14)13(16)12(15)7-10/h6-7,9,17H,3-5,8H2,1-2H3. The molecule has 0 radical (unpaired) electrons. The molecule has 0 fully saturated rings. The quantitative estimate of drug-likeness (QED) is 0.596. The lowest BCUT2D eigenvalue weighted by molar-refractivity contribution is 0.444. The number of rotatable bonds is 6. The third-order valence-corrected chi connectivity index (χ3v) is 2.51. The van der Waals surface area contributed by atoms with Crippen molar-refractivity contribution in [2.24, 2.45) is 5.92 Å². The molecule has 0 atom stereocenters. The third kappa shape index (κ3) is 4.77. The van der Waals surface area contributed by atoms with E-state index in [1.54, 1.807) is 0 Å². The summed E-state index contributed by atoms with van der Waals surface area (Å²) in [6.07, 6.45) is 2.13. The molecule has 4 heteroatoms. The van der Waals surface area contributed by atoms with Gasteiger partial charge in [-0.25, -0.2) is 13.2 Å². The largest absolute Gasteiger partial charge is 0.313 e. The molecule has 1 aromatic carbocycles. The first-order chi connectivity index (χ1) is 8.00. The van der Waals surface area contributed by atoms with Crippen LogP contribution in [0.4, 0.5) is 13.2 Å². The summed E-state index contributed by atoms with van der Waals surface area (Å²) in [4.78, 5) is 0. The zero-order valence-electron chi connectivity index (χ0n) is 10.2. The fraction of sp³-hybridized carbons (Fsp3) is 0.538. The van der Waals surface area contributed by atoms with Crippen molar-refractivity contribution in [2.45, 2.75) is 33.2 Å². The summed E-state index contributed by atoms with van der Waals surface area (Å²) in [6, 6.07) is 2.04. The second kappa shape index (κ2) is 6.64. The van der Waals surface area contributed by atoms with Gasteiger partial charge < -0.3 is 5.32 Å². The normalized spacial score (nSPS) is 11.2. The fourth-order valence-corrected chi connectivity index (χ4v) is 1.58. The Balaban J connectivity index is 2.37. The van der Waals surface area contributed by atoms with Crippen LogP contribution in [-0.2, 0) is 6.54 Å². The van der Waals surface area contributed by atoms with E-state index in [4.69, 9.17) is 0 Å². The molecule has 0 bridgehead atoms. The van der Waals surface area contributed by atoms with Gasteiger partial charge in [-0.1, -0.05) is 13.8 Å². The molecule has 0 aliphatic heterocycles. The maximum absolute atomic E-state index is 12.9. The van der Waals surface area contributed by atoms with Crippen LogP contribution < -0.4 is 5.32 Å². The van der Waals surface area contributed by atoms with E-state index in [2.05, 4.69) is 19.2 Å². The molecule has 0 heterocycles. The Labute approximate surface area is 100 Å². The van der Waals surface area contributed by atoms with E-state index in [1.165, 1.54) is 0 Å². The molecule has 0 saturated heterocycles. The fourth-order valence-electron chi connectivity index (χ4n) is 1.58. The van der Waals surface area contributed by atoms with Crippen LogP contribution in [0.5, 0.6) is 0 Å². The van der Waals surface area contributed by atoms with Gasteiger partial charge in [0.2, 0.25) is 0 Å². The molecular weight excluding hydrogens is 227 g/mol. The van der Waals surface area contributed by atoms with Gasteiger partial charge in [0.1, 0.15) is 0 Å². The molecule has 0 saturated carbocycles. The first kappa shape index (κ1) is 14.0. The summed E-state index contributed by atoms with van der Waals surface area (Å²) in [5.41, 5.74) is 0.422. The molecule has 96 valence electrons. The van der Waals surface area contributed by atoms with Crippen molar-refractivity contribution in [2.75, 3.05) is 6.54 Å². The monoisotopic (exact) mass is 245 g/mol. The van der Waals surface area contributed by atoms with Gasteiger partial charge in [0.25, 0.3) is 0 Å². The molecule has 0 aliphatic rings.